The van der Waals surface area contributed by atoms with Crippen molar-refractivity contribution in [3.05, 3.63) is 84.5 Å². The van der Waals surface area contributed by atoms with Crippen LogP contribution in [-0.2, 0) is 16.1 Å². The number of amides is 1. The summed E-state index contributed by atoms with van der Waals surface area (Å²) in [7, 11) is 1.56. The molecule has 4 rings (SSSR count). The number of nitrogens with one attached hydrogen (secondary N) is 1. The van der Waals surface area contributed by atoms with Crippen LogP contribution in [0.25, 0.3) is 11.4 Å². The normalized spacial score (nSPS) is 10.5. The summed E-state index contributed by atoms with van der Waals surface area (Å²) in [6.07, 6.45) is 3.25. The Hall–Kier alpha value is -4.18. The fourth-order valence-corrected chi connectivity index (χ4v) is 3.77. The summed E-state index contributed by atoms with van der Waals surface area (Å²) in [5, 5.41) is 6.68. The van der Waals surface area contributed by atoms with Crippen molar-refractivity contribution in [3.63, 3.8) is 0 Å². The molecule has 0 bridgehead atoms. The van der Waals surface area contributed by atoms with Gasteiger partial charge in [-0.2, -0.15) is 4.98 Å². The standard InChI is InChI=1S/C24H20N4O5S/c1-31-18-8-4-7-17(12-18)26-21(29)15-34-20-10-3-2-9-19(20)24(30)32-14-22-27-23(28-33-22)16-6-5-11-25-13-16/h2-13H,14-15H2,1H3,(H,26,29). The van der Waals surface area contributed by atoms with Gasteiger partial charge in [0.1, 0.15) is 5.75 Å². The van der Waals surface area contributed by atoms with Crippen LogP contribution in [0.1, 0.15) is 16.2 Å². The van der Waals surface area contributed by atoms with Gasteiger partial charge in [0.05, 0.1) is 18.4 Å². The van der Waals surface area contributed by atoms with Crippen LogP contribution in [0.3, 0.4) is 0 Å². The average molecular weight is 477 g/mol. The minimum atomic E-state index is -0.558. The van der Waals surface area contributed by atoms with Crippen molar-refractivity contribution in [2.24, 2.45) is 0 Å². The second kappa shape index (κ2) is 11.1. The maximum Gasteiger partial charge on any atom is 0.339 e. The lowest BCUT2D eigenvalue weighted by Gasteiger charge is -2.09. The van der Waals surface area contributed by atoms with E-state index in [2.05, 4.69) is 20.4 Å². The Bertz CT molecular complexity index is 1280. The third-order valence-corrected chi connectivity index (χ3v) is 5.61. The molecule has 0 aliphatic rings. The lowest BCUT2D eigenvalue weighted by Crippen LogP contribution is -2.14. The molecule has 9 nitrogen and oxygen atoms in total. The number of benzene rings is 2. The number of anilines is 1. The van der Waals surface area contributed by atoms with Crippen molar-refractivity contribution in [2.45, 2.75) is 11.5 Å². The first kappa shape index (κ1) is 23.0. The zero-order valence-electron chi connectivity index (χ0n) is 18.1. The van der Waals surface area contributed by atoms with Crippen LogP contribution in [0.15, 0.2) is 82.5 Å². The van der Waals surface area contributed by atoms with Gasteiger partial charge in [-0.3, -0.25) is 9.78 Å². The SMILES string of the molecule is COc1cccc(NC(=O)CSc2ccccc2C(=O)OCc2nc(-c3cccnc3)no2)c1. The highest BCUT2D eigenvalue weighted by Gasteiger charge is 2.16. The molecule has 10 heteroatoms. The number of methoxy groups -OCH3 is 1. The van der Waals surface area contributed by atoms with Gasteiger partial charge in [0, 0.05) is 34.6 Å². The van der Waals surface area contributed by atoms with E-state index >= 15 is 0 Å². The Morgan fingerprint density at radius 1 is 1.09 bits per heavy atom. The predicted octanol–water partition coefficient (Wildman–Crippen LogP) is 4.23. The van der Waals surface area contributed by atoms with E-state index in [1.165, 1.54) is 11.8 Å². The van der Waals surface area contributed by atoms with Gasteiger partial charge in [0.15, 0.2) is 6.61 Å². The van der Waals surface area contributed by atoms with Crippen molar-refractivity contribution in [1.82, 2.24) is 15.1 Å². The molecule has 2 aromatic heterocycles. The fourth-order valence-electron chi connectivity index (χ4n) is 2.93. The second-order valence-corrected chi connectivity index (χ2v) is 7.91. The van der Waals surface area contributed by atoms with E-state index in [1.54, 1.807) is 80.2 Å². The molecule has 4 aromatic rings. The number of aromatic nitrogens is 3. The molecule has 2 aromatic carbocycles. The summed E-state index contributed by atoms with van der Waals surface area (Å²) >= 11 is 1.23. The number of esters is 1. The summed E-state index contributed by atoms with van der Waals surface area (Å²) < 4.78 is 15.7. The average Bonchev–Trinajstić information content (AvgIpc) is 3.36. The molecule has 0 saturated heterocycles. The van der Waals surface area contributed by atoms with E-state index < -0.39 is 5.97 Å². The molecule has 34 heavy (non-hydrogen) atoms. The number of hydrogen-bond donors (Lipinski definition) is 1. The first-order valence-electron chi connectivity index (χ1n) is 10.2. The van der Waals surface area contributed by atoms with Gasteiger partial charge in [-0.15, -0.1) is 11.8 Å². The zero-order chi connectivity index (χ0) is 23.8. The highest BCUT2D eigenvalue weighted by atomic mass is 32.2. The molecular weight excluding hydrogens is 456 g/mol. The molecule has 0 aliphatic carbocycles. The number of ether oxygens (including phenoxy) is 2. The number of thioether (sulfide) groups is 1. The molecule has 1 amide bonds. The fraction of sp³-hybridized carbons (Fsp3) is 0.125. The van der Waals surface area contributed by atoms with Gasteiger partial charge in [-0.1, -0.05) is 23.4 Å². The smallest absolute Gasteiger partial charge is 0.339 e. The minimum absolute atomic E-state index is 0.111. The number of rotatable bonds is 9. The van der Waals surface area contributed by atoms with Crippen LogP contribution in [0.5, 0.6) is 5.75 Å². The lowest BCUT2D eigenvalue weighted by molar-refractivity contribution is -0.113. The molecule has 0 radical (unpaired) electrons. The molecule has 0 unspecified atom stereocenters. The van der Waals surface area contributed by atoms with Crippen molar-refractivity contribution in [2.75, 3.05) is 18.2 Å². The summed E-state index contributed by atoms with van der Waals surface area (Å²) in [5.41, 5.74) is 1.66. The highest BCUT2D eigenvalue weighted by Crippen LogP contribution is 2.25. The van der Waals surface area contributed by atoms with Gasteiger partial charge < -0.3 is 19.3 Å². The summed E-state index contributed by atoms with van der Waals surface area (Å²) in [6.45, 7) is -0.179. The van der Waals surface area contributed by atoms with Crippen molar-refractivity contribution < 1.29 is 23.6 Å². The Kier molecular flexibility index (Phi) is 7.51. The Morgan fingerprint density at radius 3 is 2.79 bits per heavy atom. The molecule has 0 atom stereocenters. The Labute approximate surface area is 199 Å². The topological polar surface area (TPSA) is 116 Å². The van der Waals surface area contributed by atoms with Crippen LogP contribution in [-0.4, -0.2) is 39.9 Å². The van der Waals surface area contributed by atoms with Crippen molar-refractivity contribution >= 4 is 29.3 Å². The third kappa shape index (κ3) is 5.99. The first-order chi connectivity index (χ1) is 16.6. The van der Waals surface area contributed by atoms with Gasteiger partial charge >= 0.3 is 5.97 Å². The Balaban J connectivity index is 1.34. The number of hydrogen-bond acceptors (Lipinski definition) is 9. The predicted molar refractivity (Wildman–Crippen MR) is 125 cm³/mol. The van der Waals surface area contributed by atoms with E-state index in [0.717, 1.165) is 0 Å². The maximum absolute atomic E-state index is 12.7. The van der Waals surface area contributed by atoms with Gasteiger partial charge in [0.25, 0.3) is 5.89 Å². The third-order valence-electron chi connectivity index (χ3n) is 4.53. The minimum Gasteiger partial charge on any atom is -0.497 e. The van der Waals surface area contributed by atoms with Crippen LogP contribution in [0, 0.1) is 0 Å². The van der Waals surface area contributed by atoms with Gasteiger partial charge in [0.2, 0.25) is 11.7 Å². The molecular formula is C24H20N4O5S. The van der Waals surface area contributed by atoms with Crippen LogP contribution in [0.4, 0.5) is 5.69 Å². The summed E-state index contributed by atoms with van der Waals surface area (Å²) in [6, 6.07) is 17.5. The summed E-state index contributed by atoms with van der Waals surface area (Å²) in [5.74, 6) is 0.506. The van der Waals surface area contributed by atoms with Crippen LogP contribution >= 0.6 is 11.8 Å². The number of carbonyl (C=O) groups is 2. The maximum atomic E-state index is 12.7. The van der Waals surface area contributed by atoms with Crippen LogP contribution in [0.2, 0.25) is 0 Å². The molecule has 0 fully saturated rings. The molecule has 0 spiro atoms. The van der Waals surface area contributed by atoms with Gasteiger partial charge in [-0.05, 0) is 36.4 Å². The highest BCUT2D eigenvalue weighted by molar-refractivity contribution is 8.00. The first-order valence-corrected chi connectivity index (χ1v) is 11.2. The van der Waals surface area contributed by atoms with E-state index in [0.29, 0.717) is 33.3 Å². The summed E-state index contributed by atoms with van der Waals surface area (Å²) in [4.78, 5) is 33.9. The number of carbonyl (C=O) groups excluding carboxylic acids is 2. The second-order valence-electron chi connectivity index (χ2n) is 6.89. The van der Waals surface area contributed by atoms with E-state index in [1.807, 2.05) is 0 Å². The van der Waals surface area contributed by atoms with E-state index in [4.69, 9.17) is 14.0 Å². The van der Waals surface area contributed by atoms with Crippen molar-refractivity contribution in [3.8, 4) is 17.1 Å². The van der Waals surface area contributed by atoms with E-state index in [-0.39, 0.29) is 24.2 Å². The van der Waals surface area contributed by atoms with Crippen LogP contribution < -0.4 is 10.1 Å². The quantitative estimate of drug-likeness (QED) is 0.280. The van der Waals surface area contributed by atoms with Gasteiger partial charge in [-0.25, -0.2) is 4.79 Å². The molecule has 0 saturated carbocycles. The molecule has 0 aliphatic heterocycles. The van der Waals surface area contributed by atoms with Crippen molar-refractivity contribution in [1.29, 1.82) is 0 Å². The molecule has 1 N–H and O–H groups in total. The number of pyridine rings is 1. The lowest BCUT2D eigenvalue weighted by atomic mass is 10.2. The largest absolute Gasteiger partial charge is 0.497 e. The Morgan fingerprint density at radius 2 is 1.97 bits per heavy atom. The zero-order valence-corrected chi connectivity index (χ0v) is 19.0. The number of nitrogens with zero attached hydrogens (tertiary/aromatic N) is 3. The monoisotopic (exact) mass is 476 g/mol. The molecule has 2 heterocycles. The van der Waals surface area contributed by atoms with E-state index in [9.17, 15) is 9.59 Å². The molecule has 172 valence electrons.